The number of esters is 1. The topological polar surface area (TPSA) is 95.9 Å². The van der Waals surface area contributed by atoms with Gasteiger partial charge in [0.1, 0.15) is 6.04 Å². The zero-order valence-electron chi connectivity index (χ0n) is 11.4. The van der Waals surface area contributed by atoms with Gasteiger partial charge < -0.3 is 20.1 Å². The molecule has 0 radical (unpaired) electrons. The van der Waals surface area contributed by atoms with Crippen molar-refractivity contribution in [1.29, 1.82) is 0 Å². The molecule has 0 rings (SSSR count). The number of hydrogen-bond donors (Lipinski definition) is 2. The van der Waals surface area contributed by atoms with E-state index < -0.39 is 24.0 Å². The molecule has 2 N–H and O–H groups in total. The van der Waals surface area contributed by atoms with Crippen molar-refractivity contribution < 1.29 is 24.2 Å². The van der Waals surface area contributed by atoms with Crippen LogP contribution in [-0.2, 0) is 14.3 Å². The predicted octanol–water partition coefficient (Wildman–Crippen LogP) is 0.610. The quantitative estimate of drug-likeness (QED) is 0.523. The predicted molar refractivity (Wildman–Crippen MR) is 68.6 cm³/mol. The Hall–Kier alpha value is -2.05. The summed E-state index contributed by atoms with van der Waals surface area (Å²) in [5.41, 5.74) is 0.777. The lowest BCUT2D eigenvalue weighted by Gasteiger charge is -2.21. The number of nitrogens with zero attached hydrogens (tertiary/aromatic N) is 1. The van der Waals surface area contributed by atoms with Gasteiger partial charge in [0, 0.05) is 20.0 Å². The zero-order chi connectivity index (χ0) is 15.0. The van der Waals surface area contributed by atoms with E-state index in [0.29, 0.717) is 6.54 Å². The number of nitrogens with one attached hydrogen (secondary N) is 1. The molecule has 7 heteroatoms. The Morgan fingerprint density at radius 2 is 2.00 bits per heavy atom. The summed E-state index contributed by atoms with van der Waals surface area (Å²) in [6.45, 7) is 5.75. The number of carbonyl (C=O) groups excluding carboxylic acids is 2. The van der Waals surface area contributed by atoms with Crippen LogP contribution in [0, 0.1) is 0 Å². The summed E-state index contributed by atoms with van der Waals surface area (Å²) in [7, 11) is 2.75. The molecule has 0 saturated carbocycles. The third kappa shape index (κ3) is 7.07. The molecule has 0 aromatic rings. The fourth-order valence-electron chi connectivity index (χ4n) is 1.36. The second-order valence-electron chi connectivity index (χ2n) is 4.27. The molecule has 0 aliphatic carbocycles. The van der Waals surface area contributed by atoms with E-state index in [9.17, 15) is 14.4 Å². The number of hydrogen-bond acceptors (Lipinski definition) is 4. The summed E-state index contributed by atoms with van der Waals surface area (Å²) < 4.78 is 4.42. The molecular weight excluding hydrogens is 252 g/mol. The van der Waals surface area contributed by atoms with Crippen LogP contribution in [0.2, 0.25) is 0 Å². The monoisotopic (exact) mass is 272 g/mol. The van der Waals surface area contributed by atoms with Crippen LogP contribution in [0.3, 0.4) is 0 Å². The maximum atomic E-state index is 11.7. The van der Waals surface area contributed by atoms with E-state index in [1.807, 2.05) is 0 Å². The van der Waals surface area contributed by atoms with Crippen LogP contribution >= 0.6 is 0 Å². The van der Waals surface area contributed by atoms with E-state index in [1.54, 1.807) is 6.92 Å². The number of carboxylic acid groups (broad SMARTS) is 1. The molecule has 0 saturated heterocycles. The van der Waals surface area contributed by atoms with Crippen LogP contribution in [0.1, 0.15) is 19.8 Å². The van der Waals surface area contributed by atoms with Gasteiger partial charge in [0.15, 0.2) is 0 Å². The highest BCUT2D eigenvalue weighted by Gasteiger charge is 2.22. The highest BCUT2D eigenvalue weighted by Crippen LogP contribution is 2.01. The van der Waals surface area contributed by atoms with E-state index in [-0.39, 0.29) is 12.8 Å². The lowest BCUT2D eigenvalue weighted by atomic mass is 10.1. The number of urea groups is 1. The van der Waals surface area contributed by atoms with Crippen molar-refractivity contribution in [2.45, 2.75) is 25.8 Å². The minimum Gasteiger partial charge on any atom is -0.480 e. The van der Waals surface area contributed by atoms with E-state index in [0.717, 1.165) is 5.57 Å². The van der Waals surface area contributed by atoms with E-state index >= 15 is 0 Å². The maximum absolute atomic E-state index is 11.7. The van der Waals surface area contributed by atoms with Crippen LogP contribution < -0.4 is 5.32 Å². The molecule has 0 aromatic carbocycles. The number of carbonyl (C=O) groups is 3. The number of amides is 2. The standard InChI is InChI=1S/C12H20N2O5/c1-8(2)7-14(3)12(18)13-9(11(16)17)5-6-10(15)19-4/h9H,1,5-7H2,2-4H3,(H,13,18)(H,16,17)/t9-/m1/s1. The second-order valence-corrected chi connectivity index (χ2v) is 4.27. The van der Waals surface area contributed by atoms with Gasteiger partial charge in [-0.15, -0.1) is 0 Å². The van der Waals surface area contributed by atoms with Crippen LogP contribution in [0.25, 0.3) is 0 Å². The summed E-state index contributed by atoms with van der Waals surface area (Å²) in [6, 6.07) is -1.65. The first-order chi connectivity index (χ1) is 8.77. The molecule has 7 nitrogen and oxygen atoms in total. The number of aliphatic carboxylic acids is 1. The molecule has 0 bridgehead atoms. The molecule has 0 unspecified atom stereocenters. The Morgan fingerprint density at radius 3 is 2.42 bits per heavy atom. The van der Waals surface area contributed by atoms with Crippen molar-refractivity contribution in [2.24, 2.45) is 0 Å². The fourth-order valence-corrected chi connectivity index (χ4v) is 1.36. The summed E-state index contributed by atoms with van der Waals surface area (Å²) in [5.74, 6) is -1.71. The molecule has 0 aromatic heterocycles. The number of methoxy groups -OCH3 is 1. The molecule has 108 valence electrons. The molecule has 1 atom stereocenters. The largest absolute Gasteiger partial charge is 0.480 e. The zero-order valence-corrected chi connectivity index (χ0v) is 11.4. The van der Waals surface area contributed by atoms with Gasteiger partial charge in [-0.2, -0.15) is 0 Å². The Labute approximate surface area is 112 Å². The first-order valence-electron chi connectivity index (χ1n) is 5.73. The molecule has 0 aliphatic rings. The van der Waals surface area contributed by atoms with Crippen LogP contribution in [0.4, 0.5) is 4.79 Å². The van der Waals surface area contributed by atoms with E-state index in [1.165, 1.54) is 19.1 Å². The second kappa shape index (κ2) is 8.12. The highest BCUT2D eigenvalue weighted by molar-refractivity contribution is 5.83. The summed E-state index contributed by atoms with van der Waals surface area (Å²) >= 11 is 0. The normalized spacial score (nSPS) is 11.3. The molecule has 2 amide bonds. The minimum atomic E-state index is -1.19. The van der Waals surface area contributed by atoms with Crippen LogP contribution in [-0.4, -0.2) is 54.7 Å². The van der Waals surface area contributed by atoms with Gasteiger partial charge in [-0.1, -0.05) is 12.2 Å². The van der Waals surface area contributed by atoms with Crippen LogP contribution in [0.5, 0.6) is 0 Å². The summed E-state index contributed by atoms with van der Waals surface area (Å²) in [6.07, 6.45) is -0.0907. The molecule has 0 fully saturated rings. The number of carboxylic acids is 1. The van der Waals surface area contributed by atoms with Gasteiger partial charge in [0.05, 0.1) is 7.11 Å². The SMILES string of the molecule is C=C(C)CN(C)C(=O)N[C@H](CCC(=O)OC)C(=O)O. The molecule has 0 aliphatic heterocycles. The number of ether oxygens (including phenoxy) is 1. The van der Waals surface area contributed by atoms with Crippen molar-refractivity contribution in [3.05, 3.63) is 12.2 Å². The van der Waals surface area contributed by atoms with Crippen LogP contribution in [0.15, 0.2) is 12.2 Å². The lowest BCUT2D eigenvalue weighted by molar-refractivity contribution is -0.142. The Kier molecular flexibility index (Phi) is 7.25. The molecular formula is C12H20N2O5. The first-order valence-corrected chi connectivity index (χ1v) is 5.73. The Bertz CT molecular complexity index is 367. The van der Waals surface area contributed by atoms with Crippen molar-refractivity contribution in [2.75, 3.05) is 20.7 Å². The molecule has 0 heterocycles. The van der Waals surface area contributed by atoms with Gasteiger partial charge in [-0.05, 0) is 13.3 Å². The third-order valence-electron chi connectivity index (χ3n) is 2.31. The van der Waals surface area contributed by atoms with Gasteiger partial charge in [-0.3, -0.25) is 4.79 Å². The molecule has 0 spiro atoms. The van der Waals surface area contributed by atoms with Gasteiger partial charge in [0.25, 0.3) is 0 Å². The Morgan fingerprint density at radius 1 is 1.42 bits per heavy atom. The van der Waals surface area contributed by atoms with Gasteiger partial charge in [0.2, 0.25) is 0 Å². The maximum Gasteiger partial charge on any atom is 0.326 e. The van der Waals surface area contributed by atoms with Gasteiger partial charge in [-0.25, -0.2) is 9.59 Å². The third-order valence-corrected chi connectivity index (χ3v) is 2.31. The van der Waals surface area contributed by atoms with Gasteiger partial charge >= 0.3 is 18.0 Å². The lowest BCUT2D eigenvalue weighted by Crippen LogP contribution is -2.47. The average Bonchev–Trinajstić information content (AvgIpc) is 2.32. The van der Waals surface area contributed by atoms with Crippen molar-refractivity contribution >= 4 is 18.0 Å². The average molecular weight is 272 g/mol. The Balaban J connectivity index is 4.41. The summed E-state index contributed by atoms with van der Waals surface area (Å²) in [4.78, 5) is 34.9. The minimum absolute atomic E-state index is 0.0192. The first kappa shape index (κ1) is 16.9. The van der Waals surface area contributed by atoms with E-state index in [2.05, 4.69) is 16.6 Å². The van der Waals surface area contributed by atoms with Crippen molar-refractivity contribution in [1.82, 2.24) is 10.2 Å². The van der Waals surface area contributed by atoms with E-state index in [4.69, 9.17) is 5.11 Å². The highest BCUT2D eigenvalue weighted by atomic mass is 16.5. The molecule has 19 heavy (non-hydrogen) atoms. The number of likely N-dealkylation sites (N-methyl/N-ethyl adjacent to an activating group) is 1. The number of rotatable bonds is 7. The summed E-state index contributed by atoms with van der Waals surface area (Å²) in [5, 5.41) is 11.3. The van der Waals surface area contributed by atoms with Crippen molar-refractivity contribution in [3.63, 3.8) is 0 Å². The fraction of sp³-hybridized carbons (Fsp3) is 0.583. The van der Waals surface area contributed by atoms with Crippen molar-refractivity contribution in [3.8, 4) is 0 Å². The smallest absolute Gasteiger partial charge is 0.326 e.